The van der Waals surface area contributed by atoms with E-state index in [-0.39, 0.29) is 17.9 Å². The molecule has 0 spiro atoms. The second-order valence-corrected chi connectivity index (χ2v) is 6.15. The summed E-state index contributed by atoms with van der Waals surface area (Å²) < 4.78 is 5.13. The summed E-state index contributed by atoms with van der Waals surface area (Å²) >= 11 is 0. The predicted molar refractivity (Wildman–Crippen MR) is 97.5 cm³/mol. The molecule has 0 aliphatic carbocycles. The summed E-state index contributed by atoms with van der Waals surface area (Å²) in [6.07, 6.45) is 2.06. The molecular weight excluding hydrogens is 318 g/mol. The van der Waals surface area contributed by atoms with E-state index < -0.39 is 0 Å². The zero-order valence-corrected chi connectivity index (χ0v) is 15.0. The fraction of sp³-hybridized carbons (Fsp3) is 0.474. The highest BCUT2D eigenvalue weighted by molar-refractivity contribution is 5.81. The maximum atomic E-state index is 12.5. The van der Waals surface area contributed by atoms with Gasteiger partial charge in [0, 0.05) is 32.7 Å². The summed E-state index contributed by atoms with van der Waals surface area (Å²) in [6, 6.07) is 7.37. The first-order valence-corrected chi connectivity index (χ1v) is 8.58. The van der Waals surface area contributed by atoms with E-state index in [0.717, 1.165) is 11.3 Å². The van der Waals surface area contributed by atoms with Crippen LogP contribution in [0.4, 0.5) is 0 Å². The van der Waals surface area contributed by atoms with E-state index in [1.165, 1.54) is 0 Å². The highest BCUT2D eigenvalue weighted by Gasteiger charge is 2.27. The van der Waals surface area contributed by atoms with Gasteiger partial charge in [0.15, 0.2) is 0 Å². The Hall–Kier alpha value is -2.34. The number of nitrogens with zero attached hydrogens (tertiary/aromatic N) is 2. The molecule has 1 aliphatic rings. The van der Waals surface area contributed by atoms with E-state index in [1.54, 1.807) is 13.2 Å². The lowest BCUT2D eigenvalue weighted by Crippen LogP contribution is -2.55. The number of hydrogen-bond acceptors (Lipinski definition) is 4. The number of methoxy groups -OCH3 is 1. The average Bonchev–Trinajstić information content (AvgIpc) is 2.66. The molecule has 1 saturated heterocycles. The van der Waals surface area contributed by atoms with Gasteiger partial charge in [-0.1, -0.05) is 18.2 Å². The average molecular weight is 345 g/mol. The van der Waals surface area contributed by atoms with Crippen LogP contribution in [-0.2, 0) is 16.0 Å². The second-order valence-electron chi connectivity index (χ2n) is 6.15. The molecule has 6 heteroatoms. The number of amides is 2. The van der Waals surface area contributed by atoms with Gasteiger partial charge in [0.25, 0.3) is 0 Å². The van der Waals surface area contributed by atoms with Crippen LogP contribution in [0.2, 0.25) is 0 Å². The summed E-state index contributed by atoms with van der Waals surface area (Å²) in [7, 11) is 1.62. The minimum Gasteiger partial charge on any atom is -0.497 e. The van der Waals surface area contributed by atoms with E-state index in [4.69, 9.17) is 4.74 Å². The number of rotatable bonds is 7. The number of ether oxygens (including phenoxy) is 1. The molecule has 1 aromatic carbocycles. The van der Waals surface area contributed by atoms with Gasteiger partial charge in [-0.05, 0) is 24.6 Å². The Morgan fingerprint density at radius 2 is 1.88 bits per heavy atom. The molecule has 0 saturated carbocycles. The molecule has 136 valence electrons. The molecule has 1 N–H and O–H groups in total. The molecule has 0 aromatic heterocycles. The third-order valence-electron chi connectivity index (χ3n) is 4.53. The smallest absolute Gasteiger partial charge is 0.237 e. The first-order chi connectivity index (χ1) is 12.0. The summed E-state index contributed by atoms with van der Waals surface area (Å²) in [4.78, 5) is 28.5. The van der Waals surface area contributed by atoms with Crippen molar-refractivity contribution >= 4 is 11.8 Å². The Bertz CT molecular complexity index is 592. The van der Waals surface area contributed by atoms with Crippen molar-refractivity contribution in [3.63, 3.8) is 0 Å². The SMILES string of the molecule is C=CCNC(=O)[C@@H](C)N1CCN(C(=O)Cc2ccc(OC)cc2)CC1. The van der Waals surface area contributed by atoms with Gasteiger partial charge >= 0.3 is 0 Å². The first kappa shape index (κ1) is 19.0. The van der Waals surface area contributed by atoms with Gasteiger partial charge in [-0.2, -0.15) is 0 Å². The molecule has 1 heterocycles. The first-order valence-electron chi connectivity index (χ1n) is 8.58. The van der Waals surface area contributed by atoms with Crippen LogP contribution in [-0.4, -0.2) is 67.5 Å². The molecular formula is C19H27N3O3. The third-order valence-corrected chi connectivity index (χ3v) is 4.53. The van der Waals surface area contributed by atoms with Crippen molar-refractivity contribution in [1.82, 2.24) is 15.1 Å². The van der Waals surface area contributed by atoms with Crippen LogP contribution in [0.1, 0.15) is 12.5 Å². The van der Waals surface area contributed by atoms with E-state index in [1.807, 2.05) is 36.1 Å². The zero-order chi connectivity index (χ0) is 18.2. The Labute approximate surface area is 149 Å². The van der Waals surface area contributed by atoms with Gasteiger partial charge in [-0.3, -0.25) is 14.5 Å². The van der Waals surface area contributed by atoms with Crippen molar-refractivity contribution in [3.05, 3.63) is 42.5 Å². The zero-order valence-electron chi connectivity index (χ0n) is 15.0. The van der Waals surface area contributed by atoms with Gasteiger partial charge in [0.1, 0.15) is 5.75 Å². The van der Waals surface area contributed by atoms with E-state index in [2.05, 4.69) is 16.8 Å². The van der Waals surface area contributed by atoms with Crippen molar-refractivity contribution < 1.29 is 14.3 Å². The Kier molecular flexibility index (Phi) is 7.01. The molecule has 25 heavy (non-hydrogen) atoms. The van der Waals surface area contributed by atoms with Crippen LogP contribution in [0.25, 0.3) is 0 Å². The van der Waals surface area contributed by atoms with Gasteiger partial charge in [-0.25, -0.2) is 0 Å². The van der Waals surface area contributed by atoms with Gasteiger partial charge in [0.2, 0.25) is 11.8 Å². The predicted octanol–water partition coefficient (Wildman–Crippen LogP) is 1.07. The van der Waals surface area contributed by atoms with Crippen molar-refractivity contribution in [2.24, 2.45) is 0 Å². The Morgan fingerprint density at radius 3 is 2.44 bits per heavy atom. The van der Waals surface area contributed by atoms with Crippen molar-refractivity contribution in [2.45, 2.75) is 19.4 Å². The van der Waals surface area contributed by atoms with Crippen LogP contribution in [0.5, 0.6) is 5.75 Å². The fourth-order valence-electron chi connectivity index (χ4n) is 2.87. The molecule has 1 aromatic rings. The highest BCUT2D eigenvalue weighted by atomic mass is 16.5. The standard InChI is InChI=1S/C19H27N3O3/c1-4-9-20-19(24)15(2)21-10-12-22(13-11-21)18(23)14-16-5-7-17(25-3)8-6-16/h4-8,15H,1,9-14H2,2-3H3,(H,20,24)/t15-/m1/s1. The highest BCUT2D eigenvalue weighted by Crippen LogP contribution is 2.13. The molecule has 2 rings (SSSR count). The van der Waals surface area contributed by atoms with Gasteiger partial charge in [-0.15, -0.1) is 6.58 Å². The fourth-order valence-corrected chi connectivity index (χ4v) is 2.87. The number of hydrogen-bond donors (Lipinski definition) is 1. The quantitative estimate of drug-likeness (QED) is 0.751. The molecule has 2 amide bonds. The Morgan fingerprint density at radius 1 is 1.24 bits per heavy atom. The number of piperazine rings is 1. The maximum absolute atomic E-state index is 12.5. The molecule has 1 atom stereocenters. The summed E-state index contributed by atoms with van der Waals surface area (Å²) in [5, 5.41) is 2.82. The summed E-state index contributed by atoms with van der Waals surface area (Å²) in [5.41, 5.74) is 0.977. The second kappa shape index (κ2) is 9.22. The molecule has 1 fully saturated rings. The summed E-state index contributed by atoms with van der Waals surface area (Å²) in [6.45, 7) is 8.67. The van der Waals surface area contributed by atoms with E-state index >= 15 is 0 Å². The number of benzene rings is 1. The van der Waals surface area contributed by atoms with E-state index in [0.29, 0.717) is 39.1 Å². The monoisotopic (exact) mass is 345 g/mol. The van der Waals surface area contributed by atoms with Crippen LogP contribution in [0, 0.1) is 0 Å². The van der Waals surface area contributed by atoms with Crippen LogP contribution < -0.4 is 10.1 Å². The van der Waals surface area contributed by atoms with Crippen LogP contribution in [0.15, 0.2) is 36.9 Å². The molecule has 0 radical (unpaired) electrons. The minimum absolute atomic E-state index is 0.00194. The summed E-state index contributed by atoms with van der Waals surface area (Å²) in [5.74, 6) is 0.903. The molecule has 1 aliphatic heterocycles. The van der Waals surface area contributed by atoms with Crippen molar-refractivity contribution in [2.75, 3.05) is 39.8 Å². The lowest BCUT2D eigenvalue weighted by molar-refractivity contribution is -0.133. The number of nitrogens with one attached hydrogen (secondary N) is 1. The molecule has 0 unspecified atom stereocenters. The third kappa shape index (κ3) is 5.32. The maximum Gasteiger partial charge on any atom is 0.237 e. The lowest BCUT2D eigenvalue weighted by atomic mass is 10.1. The number of carbonyl (C=O) groups excluding carboxylic acids is 2. The normalized spacial score (nSPS) is 16.2. The largest absolute Gasteiger partial charge is 0.497 e. The van der Waals surface area contributed by atoms with Crippen molar-refractivity contribution in [1.29, 1.82) is 0 Å². The topological polar surface area (TPSA) is 61.9 Å². The molecule has 6 nitrogen and oxygen atoms in total. The molecule has 0 bridgehead atoms. The number of carbonyl (C=O) groups is 2. The van der Waals surface area contributed by atoms with Gasteiger partial charge < -0.3 is 15.0 Å². The Balaban J connectivity index is 1.81. The van der Waals surface area contributed by atoms with Crippen LogP contribution in [0.3, 0.4) is 0 Å². The van der Waals surface area contributed by atoms with Crippen LogP contribution >= 0.6 is 0 Å². The van der Waals surface area contributed by atoms with Crippen molar-refractivity contribution in [3.8, 4) is 5.75 Å². The van der Waals surface area contributed by atoms with E-state index in [9.17, 15) is 9.59 Å². The van der Waals surface area contributed by atoms with Gasteiger partial charge in [0.05, 0.1) is 19.6 Å². The lowest BCUT2D eigenvalue weighted by Gasteiger charge is -2.37. The minimum atomic E-state index is -0.196.